The van der Waals surface area contributed by atoms with Crippen molar-refractivity contribution in [3.63, 3.8) is 0 Å². The Kier molecular flexibility index (Phi) is 7.38. The molecule has 1 heterocycles. The highest BCUT2D eigenvalue weighted by Crippen LogP contribution is 2.19. The number of nitrogens with one attached hydrogen (secondary N) is 2. The molecule has 0 atom stereocenters. The van der Waals surface area contributed by atoms with Gasteiger partial charge >= 0.3 is 0 Å². The number of amides is 3. The summed E-state index contributed by atoms with van der Waals surface area (Å²) < 4.78 is 39.5. The number of carbonyl (C=O) groups excluding carboxylic acids is 3. The number of piperazine rings is 1. The molecule has 0 aromatic heterocycles. The van der Waals surface area contributed by atoms with E-state index in [1.165, 1.54) is 0 Å². The summed E-state index contributed by atoms with van der Waals surface area (Å²) in [5, 5.41) is 4.46. The lowest BCUT2D eigenvalue weighted by Crippen LogP contribution is -2.52. The Hall–Kier alpha value is -2.62. The van der Waals surface area contributed by atoms with E-state index in [0.717, 1.165) is 6.07 Å². The molecule has 1 aromatic carbocycles. The number of halogens is 3. The molecule has 7 nitrogen and oxygen atoms in total. The molecule has 1 saturated heterocycles. The number of rotatable bonds is 6. The molecular formula is C18H23F3N4O3. The summed E-state index contributed by atoms with van der Waals surface area (Å²) >= 11 is 0. The number of carbonyl (C=O) groups is 3. The molecule has 0 spiro atoms. The Bertz CT molecular complexity index is 750. The first kappa shape index (κ1) is 21.7. The standard InChI is InChI=1S/C18H23F3N4O3/c1-11(2)18(28)25-7-5-24(6-8-25)10-15(27)22-9-14(26)23-13-4-3-12(19)16(20)17(13)21/h3-4,11H,5-10H2,1-2H3,(H,22,27)(H,23,26). The predicted octanol–water partition coefficient (Wildman–Crippen LogP) is 0.959. The smallest absolute Gasteiger partial charge is 0.243 e. The minimum atomic E-state index is -1.68. The lowest BCUT2D eigenvalue weighted by molar-refractivity contribution is -0.136. The summed E-state index contributed by atoms with van der Waals surface area (Å²) in [5.41, 5.74) is -0.510. The Morgan fingerprint density at radius 3 is 2.25 bits per heavy atom. The molecule has 154 valence electrons. The lowest BCUT2D eigenvalue weighted by atomic mass is 10.1. The normalized spacial score (nSPS) is 14.9. The summed E-state index contributed by atoms with van der Waals surface area (Å²) in [5.74, 6) is -5.74. The highest BCUT2D eigenvalue weighted by atomic mass is 19.2. The molecule has 1 fully saturated rings. The van der Waals surface area contributed by atoms with Gasteiger partial charge in [-0.2, -0.15) is 0 Å². The minimum absolute atomic E-state index is 0.0521. The van der Waals surface area contributed by atoms with Gasteiger partial charge in [-0.1, -0.05) is 13.8 Å². The molecule has 28 heavy (non-hydrogen) atoms. The second-order valence-electron chi connectivity index (χ2n) is 6.80. The van der Waals surface area contributed by atoms with Crippen LogP contribution in [0.5, 0.6) is 0 Å². The van der Waals surface area contributed by atoms with Crippen LogP contribution in [-0.2, 0) is 14.4 Å². The molecule has 2 N–H and O–H groups in total. The van der Waals surface area contributed by atoms with E-state index in [1.54, 1.807) is 4.90 Å². The van der Waals surface area contributed by atoms with Gasteiger partial charge < -0.3 is 15.5 Å². The van der Waals surface area contributed by atoms with E-state index in [4.69, 9.17) is 0 Å². The fraction of sp³-hybridized carbons (Fsp3) is 0.500. The Morgan fingerprint density at radius 1 is 1.00 bits per heavy atom. The van der Waals surface area contributed by atoms with Gasteiger partial charge in [-0.25, -0.2) is 13.2 Å². The molecule has 0 unspecified atom stereocenters. The van der Waals surface area contributed by atoms with Gasteiger partial charge in [0.25, 0.3) is 0 Å². The van der Waals surface area contributed by atoms with Crippen LogP contribution in [0.3, 0.4) is 0 Å². The third kappa shape index (κ3) is 5.69. The zero-order valence-corrected chi connectivity index (χ0v) is 15.7. The first-order chi connectivity index (χ1) is 13.2. The van der Waals surface area contributed by atoms with Gasteiger partial charge in [-0.15, -0.1) is 0 Å². The number of benzene rings is 1. The average Bonchev–Trinajstić information content (AvgIpc) is 2.67. The molecule has 0 aliphatic carbocycles. The van der Waals surface area contributed by atoms with Crippen LogP contribution in [0.1, 0.15) is 13.8 Å². The monoisotopic (exact) mass is 400 g/mol. The van der Waals surface area contributed by atoms with Crippen LogP contribution in [0.4, 0.5) is 18.9 Å². The van der Waals surface area contributed by atoms with Gasteiger partial charge in [-0.05, 0) is 12.1 Å². The van der Waals surface area contributed by atoms with Gasteiger partial charge in [-0.3, -0.25) is 19.3 Å². The van der Waals surface area contributed by atoms with Crippen molar-refractivity contribution in [1.82, 2.24) is 15.1 Å². The Balaban J connectivity index is 1.74. The third-order valence-corrected chi connectivity index (χ3v) is 4.30. The quantitative estimate of drug-likeness (QED) is 0.697. The summed E-state index contributed by atoms with van der Waals surface area (Å²) in [4.78, 5) is 39.3. The van der Waals surface area contributed by atoms with Crippen LogP contribution in [0, 0.1) is 23.4 Å². The van der Waals surface area contributed by atoms with E-state index >= 15 is 0 Å². The molecule has 1 aliphatic heterocycles. The maximum absolute atomic E-state index is 13.5. The van der Waals surface area contributed by atoms with Crippen LogP contribution < -0.4 is 10.6 Å². The number of hydrogen-bond acceptors (Lipinski definition) is 4. The van der Waals surface area contributed by atoms with Crippen LogP contribution in [0.15, 0.2) is 12.1 Å². The van der Waals surface area contributed by atoms with Crippen molar-refractivity contribution in [2.45, 2.75) is 13.8 Å². The van der Waals surface area contributed by atoms with Crippen molar-refractivity contribution in [2.24, 2.45) is 5.92 Å². The Labute approximate surface area is 160 Å². The fourth-order valence-electron chi connectivity index (χ4n) is 2.75. The lowest BCUT2D eigenvalue weighted by Gasteiger charge is -2.35. The second kappa shape index (κ2) is 9.54. The van der Waals surface area contributed by atoms with Crippen molar-refractivity contribution in [3.8, 4) is 0 Å². The number of anilines is 1. The third-order valence-electron chi connectivity index (χ3n) is 4.30. The van der Waals surface area contributed by atoms with Crippen LogP contribution in [0.2, 0.25) is 0 Å². The van der Waals surface area contributed by atoms with E-state index in [9.17, 15) is 27.6 Å². The molecule has 10 heteroatoms. The average molecular weight is 400 g/mol. The molecule has 3 amide bonds. The number of nitrogens with zero attached hydrogens (tertiary/aromatic N) is 2. The van der Waals surface area contributed by atoms with Crippen LogP contribution in [0.25, 0.3) is 0 Å². The molecule has 0 bridgehead atoms. The Morgan fingerprint density at radius 2 is 1.64 bits per heavy atom. The summed E-state index contributed by atoms with van der Waals surface area (Å²) in [7, 11) is 0. The topological polar surface area (TPSA) is 81.8 Å². The van der Waals surface area contributed by atoms with Gasteiger partial charge in [0.1, 0.15) is 0 Å². The van der Waals surface area contributed by atoms with Crippen molar-refractivity contribution >= 4 is 23.4 Å². The largest absolute Gasteiger partial charge is 0.346 e. The van der Waals surface area contributed by atoms with Gasteiger partial charge in [0.2, 0.25) is 17.7 Å². The van der Waals surface area contributed by atoms with Gasteiger partial charge in [0, 0.05) is 32.1 Å². The number of hydrogen-bond donors (Lipinski definition) is 2. The summed E-state index contributed by atoms with van der Waals surface area (Å²) in [6, 6.07) is 1.59. The summed E-state index contributed by atoms with van der Waals surface area (Å²) in [6.45, 7) is 5.41. The van der Waals surface area contributed by atoms with Gasteiger partial charge in [0.05, 0.1) is 18.8 Å². The van der Waals surface area contributed by atoms with Crippen molar-refractivity contribution in [2.75, 3.05) is 44.6 Å². The van der Waals surface area contributed by atoms with E-state index in [1.807, 2.05) is 18.7 Å². The molecule has 2 rings (SSSR count). The van der Waals surface area contributed by atoms with Crippen LogP contribution in [-0.4, -0.2) is 66.8 Å². The second-order valence-corrected chi connectivity index (χ2v) is 6.80. The summed E-state index contributed by atoms with van der Waals surface area (Å²) in [6.07, 6.45) is 0. The minimum Gasteiger partial charge on any atom is -0.346 e. The maximum Gasteiger partial charge on any atom is 0.243 e. The predicted molar refractivity (Wildman–Crippen MR) is 95.8 cm³/mol. The molecule has 0 saturated carbocycles. The van der Waals surface area contributed by atoms with Crippen molar-refractivity contribution < 1.29 is 27.6 Å². The molecule has 1 aromatic rings. The first-order valence-corrected chi connectivity index (χ1v) is 8.90. The maximum atomic E-state index is 13.5. The zero-order valence-electron chi connectivity index (χ0n) is 15.7. The van der Waals surface area contributed by atoms with E-state index in [-0.39, 0.29) is 18.4 Å². The molecule has 0 radical (unpaired) electrons. The van der Waals surface area contributed by atoms with Crippen LogP contribution >= 0.6 is 0 Å². The van der Waals surface area contributed by atoms with E-state index in [0.29, 0.717) is 32.2 Å². The fourth-order valence-corrected chi connectivity index (χ4v) is 2.75. The van der Waals surface area contributed by atoms with E-state index in [2.05, 4.69) is 10.6 Å². The van der Waals surface area contributed by atoms with Crippen molar-refractivity contribution in [1.29, 1.82) is 0 Å². The first-order valence-electron chi connectivity index (χ1n) is 8.90. The SMILES string of the molecule is CC(C)C(=O)N1CCN(CC(=O)NCC(=O)Nc2ccc(F)c(F)c2F)CC1. The zero-order chi connectivity index (χ0) is 20.8. The van der Waals surface area contributed by atoms with Crippen molar-refractivity contribution in [3.05, 3.63) is 29.6 Å². The molecule has 1 aliphatic rings. The highest BCUT2D eigenvalue weighted by molar-refractivity contribution is 5.94. The van der Waals surface area contributed by atoms with E-state index < -0.39 is 41.5 Å². The molecular weight excluding hydrogens is 377 g/mol. The van der Waals surface area contributed by atoms with Gasteiger partial charge in [0.15, 0.2) is 17.5 Å². The highest BCUT2D eigenvalue weighted by Gasteiger charge is 2.24.